The summed E-state index contributed by atoms with van der Waals surface area (Å²) in [7, 11) is 2.16. The van der Waals surface area contributed by atoms with Gasteiger partial charge in [0.15, 0.2) is 5.11 Å². The Hall–Kier alpha value is -1.33. The van der Waals surface area contributed by atoms with Crippen molar-refractivity contribution in [1.82, 2.24) is 4.90 Å². The largest absolute Gasteiger partial charge is 0.376 e. The smallest absolute Gasteiger partial charge is 0.168 e. The fraction of sp³-hybridized carbons (Fsp3) is 0.417. The molecule has 2 rings (SSSR count). The lowest BCUT2D eigenvalue weighted by atomic mass is 10.2. The van der Waals surface area contributed by atoms with E-state index in [1.807, 2.05) is 12.1 Å². The molecule has 4 nitrogen and oxygen atoms in total. The normalized spacial score (nSPS) is 16.9. The summed E-state index contributed by atoms with van der Waals surface area (Å²) in [6.45, 7) is 4.40. The molecule has 1 aliphatic rings. The third-order valence-electron chi connectivity index (χ3n) is 3.00. The van der Waals surface area contributed by atoms with Crippen molar-refractivity contribution in [2.75, 3.05) is 43.4 Å². The molecule has 1 heterocycles. The van der Waals surface area contributed by atoms with Crippen LogP contribution in [0.1, 0.15) is 0 Å². The van der Waals surface area contributed by atoms with Crippen LogP contribution in [0.3, 0.4) is 0 Å². The van der Waals surface area contributed by atoms with Crippen LogP contribution in [0, 0.1) is 0 Å². The van der Waals surface area contributed by atoms with Crippen LogP contribution in [0.4, 0.5) is 11.4 Å². The van der Waals surface area contributed by atoms with Crippen LogP contribution in [-0.4, -0.2) is 43.2 Å². The van der Waals surface area contributed by atoms with Crippen LogP contribution in [0.15, 0.2) is 24.3 Å². The van der Waals surface area contributed by atoms with Gasteiger partial charge in [0.05, 0.1) is 0 Å². The highest BCUT2D eigenvalue weighted by Crippen LogP contribution is 2.19. The number of hydrogen-bond donors (Lipinski definition) is 2. The van der Waals surface area contributed by atoms with Crippen molar-refractivity contribution in [1.29, 1.82) is 0 Å². The summed E-state index contributed by atoms with van der Waals surface area (Å²) in [5, 5.41) is 3.23. The summed E-state index contributed by atoms with van der Waals surface area (Å²) in [4.78, 5) is 4.74. The second-order valence-corrected chi connectivity index (χ2v) is 4.77. The van der Waals surface area contributed by atoms with E-state index in [-0.39, 0.29) is 0 Å². The van der Waals surface area contributed by atoms with Crippen molar-refractivity contribution in [3.8, 4) is 0 Å². The highest BCUT2D eigenvalue weighted by Gasteiger charge is 2.13. The third kappa shape index (κ3) is 3.31. The number of likely N-dealkylation sites (N-methyl/N-ethyl adjacent to an activating group) is 1. The Kier molecular flexibility index (Phi) is 3.81. The molecule has 5 heteroatoms. The van der Waals surface area contributed by atoms with Crippen LogP contribution in [0.5, 0.6) is 0 Å². The van der Waals surface area contributed by atoms with Crippen LogP contribution in [0.2, 0.25) is 0 Å². The number of nitrogens with two attached hydrogens (primary N) is 1. The molecule has 1 fully saturated rings. The van der Waals surface area contributed by atoms with Gasteiger partial charge in [-0.25, -0.2) is 0 Å². The van der Waals surface area contributed by atoms with Crippen LogP contribution >= 0.6 is 12.2 Å². The van der Waals surface area contributed by atoms with Crippen LogP contribution < -0.4 is 16.0 Å². The predicted molar refractivity (Wildman–Crippen MR) is 76.6 cm³/mol. The molecule has 17 heavy (non-hydrogen) atoms. The van der Waals surface area contributed by atoms with E-state index in [1.54, 1.807) is 0 Å². The second-order valence-electron chi connectivity index (χ2n) is 4.33. The predicted octanol–water partition coefficient (Wildman–Crippen LogP) is 1.09. The molecule has 0 atom stereocenters. The molecule has 0 spiro atoms. The maximum atomic E-state index is 5.42. The summed E-state index contributed by atoms with van der Waals surface area (Å²) in [5.41, 5.74) is 7.62. The Labute approximate surface area is 107 Å². The number of piperazine rings is 1. The first-order valence-electron chi connectivity index (χ1n) is 5.75. The number of rotatable bonds is 2. The molecule has 0 aromatic heterocycles. The number of benzene rings is 1. The maximum Gasteiger partial charge on any atom is 0.168 e. The molecule has 1 aromatic rings. The van der Waals surface area contributed by atoms with Gasteiger partial charge in [0, 0.05) is 37.6 Å². The molecule has 92 valence electrons. The Morgan fingerprint density at radius 2 is 1.76 bits per heavy atom. The van der Waals surface area contributed by atoms with E-state index in [2.05, 4.69) is 34.3 Å². The summed E-state index contributed by atoms with van der Waals surface area (Å²) in [6, 6.07) is 8.22. The minimum atomic E-state index is 0.303. The fourth-order valence-corrected chi connectivity index (χ4v) is 2.08. The van der Waals surface area contributed by atoms with Crippen LogP contribution in [-0.2, 0) is 0 Å². The monoisotopic (exact) mass is 250 g/mol. The fourth-order valence-electron chi connectivity index (χ4n) is 1.96. The summed E-state index contributed by atoms with van der Waals surface area (Å²) in [5.74, 6) is 0. The Balaban J connectivity index is 2.00. The molecule has 0 bridgehead atoms. The molecule has 1 aliphatic heterocycles. The standard InChI is InChI=1S/C12H18N4S/c1-15-6-8-16(9-7-15)11-4-2-10(3-5-11)14-12(13)17/h2-5H,6-9H2,1H3,(H3,13,14,17). The first-order chi connectivity index (χ1) is 8.15. The lowest BCUT2D eigenvalue weighted by Crippen LogP contribution is -2.44. The van der Waals surface area contributed by atoms with Gasteiger partial charge in [0.2, 0.25) is 0 Å². The van der Waals surface area contributed by atoms with Gasteiger partial charge in [-0.1, -0.05) is 0 Å². The van der Waals surface area contributed by atoms with Crippen molar-refractivity contribution in [2.45, 2.75) is 0 Å². The molecule has 1 saturated heterocycles. The van der Waals surface area contributed by atoms with Crippen molar-refractivity contribution in [3.63, 3.8) is 0 Å². The van der Waals surface area contributed by atoms with E-state index < -0.39 is 0 Å². The number of thiocarbonyl (C=S) groups is 1. The van der Waals surface area contributed by atoms with E-state index in [0.29, 0.717) is 5.11 Å². The van der Waals surface area contributed by atoms with Gasteiger partial charge in [-0.05, 0) is 43.5 Å². The Morgan fingerprint density at radius 3 is 2.29 bits per heavy atom. The van der Waals surface area contributed by atoms with Crippen LogP contribution in [0.25, 0.3) is 0 Å². The third-order valence-corrected chi connectivity index (χ3v) is 3.11. The van der Waals surface area contributed by atoms with E-state index in [4.69, 9.17) is 18.0 Å². The van der Waals surface area contributed by atoms with Gasteiger partial charge in [-0.15, -0.1) is 0 Å². The molecule has 0 aliphatic carbocycles. The summed E-state index contributed by atoms with van der Waals surface area (Å²) >= 11 is 4.80. The van der Waals surface area contributed by atoms with E-state index in [1.165, 1.54) is 5.69 Å². The van der Waals surface area contributed by atoms with Gasteiger partial charge in [0.25, 0.3) is 0 Å². The molecule has 3 N–H and O–H groups in total. The van der Waals surface area contributed by atoms with Crippen molar-refractivity contribution in [3.05, 3.63) is 24.3 Å². The maximum absolute atomic E-state index is 5.42. The first kappa shape index (κ1) is 12.1. The van der Waals surface area contributed by atoms with Gasteiger partial charge in [-0.3, -0.25) is 0 Å². The van der Waals surface area contributed by atoms with Crippen molar-refractivity contribution >= 4 is 28.7 Å². The van der Waals surface area contributed by atoms with Gasteiger partial charge in [0.1, 0.15) is 0 Å². The topological polar surface area (TPSA) is 44.5 Å². The summed E-state index contributed by atoms with van der Waals surface area (Å²) in [6.07, 6.45) is 0. The average Bonchev–Trinajstić information content (AvgIpc) is 2.30. The highest BCUT2D eigenvalue weighted by molar-refractivity contribution is 7.80. The lowest BCUT2D eigenvalue weighted by molar-refractivity contribution is 0.313. The molecular weight excluding hydrogens is 232 g/mol. The average molecular weight is 250 g/mol. The number of anilines is 2. The number of nitrogens with one attached hydrogen (secondary N) is 1. The van der Waals surface area contributed by atoms with Gasteiger partial charge in [-0.2, -0.15) is 0 Å². The van der Waals surface area contributed by atoms with Gasteiger partial charge >= 0.3 is 0 Å². The molecule has 0 unspecified atom stereocenters. The molecule has 0 radical (unpaired) electrons. The molecule has 1 aromatic carbocycles. The molecule has 0 amide bonds. The zero-order chi connectivity index (χ0) is 12.3. The second kappa shape index (κ2) is 5.33. The molecule has 0 saturated carbocycles. The minimum absolute atomic E-state index is 0.303. The minimum Gasteiger partial charge on any atom is -0.376 e. The first-order valence-corrected chi connectivity index (χ1v) is 6.16. The Bertz CT molecular complexity index is 382. The lowest BCUT2D eigenvalue weighted by Gasteiger charge is -2.34. The van der Waals surface area contributed by atoms with Gasteiger partial charge < -0.3 is 20.9 Å². The van der Waals surface area contributed by atoms with E-state index in [0.717, 1.165) is 31.9 Å². The molecular formula is C12H18N4S. The Morgan fingerprint density at radius 1 is 1.18 bits per heavy atom. The van der Waals surface area contributed by atoms with Crippen molar-refractivity contribution in [2.24, 2.45) is 5.73 Å². The zero-order valence-electron chi connectivity index (χ0n) is 10.0. The number of nitrogens with zero attached hydrogens (tertiary/aromatic N) is 2. The quantitative estimate of drug-likeness (QED) is 0.769. The zero-order valence-corrected chi connectivity index (χ0v) is 10.8. The summed E-state index contributed by atoms with van der Waals surface area (Å²) < 4.78 is 0. The number of hydrogen-bond acceptors (Lipinski definition) is 3. The highest BCUT2D eigenvalue weighted by atomic mass is 32.1. The van der Waals surface area contributed by atoms with E-state index >= 15 is 0 Å². The van der Waals surface area contributed by atoms with Crippen molar-refractivity contribution < 1.29 is 0 Å². The van der Waals surface area contributed by atoms with E-state index in [9.17, 15) is 0 Å². The SMILES string of the molecule is CN1CCN(c2ccc(NC(N)=S)cc2)CC1.